The zero-order chi connectivity index (χ0) is 23.8. The molecule has 8 nitrogen and oxygen atoms in total. The molecule has 9 heteroatoms. The lowest BCUT2D eigenvalue weighted by molar-refractivity contribution is -0.136. The predicted molar refractivity (Wildman–Crippen MR) is 128 cm³/mol. The van der Waals surface area contributed by atoms with Crippen LogP contribution in [0.4, 0.5) is 4.79 Å². The average molecular weight is 482 g/mol. The van der Waals surface area contributed by atoms with Crippen molar-refractivity contribution in [1.29, 1.82) is 0 Å². The highest BCUT2D eigenvalue weighted by Crippen LogP contribution is 2.22. The number of benzene rings is 2. The van der Waals surface area contributed by atoms with Crippen LogP contribution in [0.25, 0.3) is 0 Å². The highest BCUT2D eigenvalue weighted by Gasteiger charge is 2.25. The maximum absolute atomic E-state index is 12.5. The summed E-state index contributed by atoms with van der Waals surface area (Å²) in [5.74, 6) is 1.30. The average Bonchev–Trinajstić information content (AvgIpc) is 3.35. The van der Waals surface area contributed by atoms with Gasteiger partial charge in [0.1, 0.15) is 17.6 Å². The van der Waals surface area contributed by atoms with E-state index >= 15 is 0 Å². The number of carbonyl (C=O) groups is 2. The Morgan fingerprint density at radius 1 is 1.03 bits per heavy atom. The van der Waals surface area contributed by atoms with Crippen LogP contribution in [0.3, 0.4) is 0 Å². The van der Waals surface area contributed by atoms with Crippen molar-refractivity contribution >= 4 is 23.8 Å². The number of carbonyl (C=O) groups excluding carboxylic acids is 1. The van der Waals surface area contributed by atoms with E-state index in [0.717, 1.165) is 22.9 Å². The van der Waals surface area contributed by atoms with Crippen molar-refractivity contribution in [2.45, 2.75) is 36.9 Å². The molecular formula is C25H27N3O5S. The van der Waals surface area contributed by atoms with Crippen molar-refractivity contribution in [1.82, 2.24) is 14.9 Å². The Morgan fingerprint density at radius 3 is 2.35 bits per heavy atom. The molecule has 1 saturated heterocycles. The maximum Gasteiger partial charge on any atom is 0.415 e. The second kappa shape index (κ2) is 11.6. The van der Waals surface area contributed by atoms with Gasteiger partial charge in [-0.05, 0) is 41.8 Å². The molecule has 0 radical (unpaired) electrons. The number of likely N-dealkylation sites (tertiary alicyclic amines) is 1. The summed E-state index contributed by atoms with van der Waals surface area (Å²) < 4.78 is 11.5. The number of nitrogens with one attached hydrogen (secondary N) is 1. The molecule has 0 bridgehead atoms. The van der Waals surface area contributed by atoms with Crippen molar-refractivity contribution in [2.24, 2.45) is 0 Å². The molecule has 178 valence electrons. The summed E-state index contributed by atoms with van der Waals surface area (Å²) in [6.07, 6.45) is 5.52. The highest BCUT2D eigenvalue weighted by atomic mass is 32.2. The van der Waals surface area contributed by atoms with E-state index in [1.807, 2.05) is 30.5 Å². The Labute approximate surface area is 202 Å². The topological polar surface area (TPSA) is 105 Å². The molecule has 0 spiro atoms. The number of carboxylic acids is 1. The Kier molecular flexibility index (Phi) is 8.08. The minimum Gasteiger partial charge on any atom is -0.490 e. The van der Waals surface area contributed by atoms with Gasteiger partial charge in [-0.25, -0.2) is 9.78 Å². The minimum absolute atomic E-state index is 0.00560. The van der Waals surface area contributed by atoms with Gasteiger partial charge in [0, 0.05) is 44.1 Å². The van der Waals surface area contributed by atoms with E-state index in [9.17, 15) is 9.59 Å². The number of imidazole rings is 1. The first-order valence-electron chi connectivity index (χ1n) is 11.2. The summed E-state index contributed by atoms with van der Waals surface area (Å²) in [6.45, 7) is 1.12. The number of aromatic amines is 1. The molecule has 0 unspecified atom stereocenters. The van der Waals surface area contributed by atoms with Crippen molar-refractivity contribution in [3.05, 3.63) is 72.1 Å². The fourth-order valence-corrected chi connectivity index (χ4v) is 4.51. The van der Waals surface area contributed by atoms with E-state index in [1.54, 1.807) is 47.1 Å². The van der Waals surface area contributed by atoms with E-state index < -0.39 is 5.97 Å². The number of thioether (sulfide) groups is 1. The fraction of sp³-hybridized carbons (Fsp3) is 0.320. The van der Waals surface area contributed by atoms with Crippen molar-refractivity contribution < 1.29 is 24.2 Å². The monoisotopic (exact) mass is 481 g/mol. The zero-order valence-electron chi connectivity index (χ0n) is 18.7. The highest BCUT2D eigenvalue weighted by molar-refractivity contribution is 7.99. The molecule has 2 N–H and O–H groups in total. The quantitative estimate of drug-likeness (QED) is 0.436. The first kappa shape index (κ1) is 23.7. The molecule has 2 heterocycles. The lowest BCUT2D eigenvalue weighted by Crippen LogP contribution is -2.43. The summed E-state index contributed by atoms with van der Waals surface area (Å²) in [7, 11) is 0. The van der Waals surface area contributed by atoms with Crippen LogP contribution in [-0.4, -0.2) is 57.0 Å². The Balaban J connectivity index is 1.18. The number of rotatable bonds is 9. The Bertz CT molecular complexity index is 1060. The van der Waals surface area contributed by atoms with E-state index in [2.05, 4.69) is 9.97 Å². The van der Waals surface area contributed by atoms with Crippen molar-refractivity contribution in [3.63, 3.8) is 0 Å². The van der Waals surface area contributed by atoms with E-state index in [4.69, 9.17) is 14.6 Å². The van der Waals surface area contributed by atoms with Crippen LogP contribution in [0, 0.1) is 0 Å². The number of hydrogen-bond donors (Lipinski definition) is 2. The summed E-state index contributed by atoms with van der Waals surface area (Å²) >= 11 is 1.67. The van der Waals surface area contributed by atoms with Gasteiger partial charge in [0.2, 0.25) is 0 Å². The van der Waals surface area contributed by atoms with Crippen LogP contribution in [-0.2, 0) is 17.6 Å². The minimum atomic E-state index is -0.857. The number of nitrogens with zero attached hydrogens (tertiary/aromatic N) is 2. The summed E-state index contributed by atoms with van der Waals surface area (Å²) in [5.41, 5.74) is 1.91. The van der Waals surface area contributed by atoms with Gasteiger partial charge >= 0.3 is 12.1 Å². The molecule has 1 amide bonds. The number of piperidine rings is 1. The van der Waals surface area contributed by atoms with Gasteiger partial charge < -0.3 is 24.5 Å². The van der Waals surface area contributed by atoms with Gasteiger partial charge in [0.15, 0.2) is 5.16 Å². The molecular weight excluding hydrogens is 454 g/mol. The van der Waals surface area contributed by atoms with Gasteiger partial charge in [-0.1, -0.05) is 36.0 Å². The number of aromatic nitrogens is 2. The molecule has 4 rings (SSSR count). The standard InChI is InChI=1S/C25H27N3O5S/c29-23(30)17-19-3-7-20(8-4-19)32-22-9-14-28(15-10-22)25(31)33-21-5-1-18(2-6-21)11-16-34-24-26-12-13-27-24/h1-8,12-13,22H,9-11,14-17H2,(H,26,27)(H,29,30). The van der Waals surface area contributed by atoms with Crippen LogP contribution in [0.15, 0.2) is 66.1 Å². The number of H-pyrrole nitrogens is 1. The first-order chi connectivity index (χ1) is 16.5. The Morgan fingerprint density at radius 2 is 1.71 bits per heavy atom. The number of amides is 1. The van der Waals surface area contributed by atoms with Crippen LogP contribution < -0.4 is 9.47 Å². The molecule has 1 fully saturated rings. The molecule has 0 atom stereocenters. The Hall–Kier alpha value is -3.46. The molecule has 3 aromatic rings. The van der Waals surface area contributed by atoms with E-state index in [-0.39, 0.29) is 18.6 Å². The number of aryl methyl sites for hydroxylation is 1. The largest absolute Gasteiger partial charge is 0.490 e. The summed E-state index contributed by atoms with van der Waals surface area (Å²) in [5, 5.41) is 9.77. The molecule has 0 saturated carbocycles. The normalized spacial score (nSPS) is 14.1. The van der Waals surface area contributed by atoms with Gasteiger partial charge in [-0.15, -0.1) is 0 Å². The molecule has 0 aliphatic carbocycles. The molecule has 2 aromatic carbocycles. The second-order valence-electron chi connectivity index (χ2n) is 8.02. The van der Waals surface area contributed by atoms with Gasteiger partial charge in [-0.2, -0.15) is 0 Å². The summed E-state index contributed by atoms with van der Waals surface area (Å²) in [4.78, 5) is 32.3. The zero-order valence-corrected chi connectivity index (χ0v) is 19.5. The van der Waals surface area contributed by atoms with Gasteiger partial charge in [0.25, 0.3) is 0 Å². The predicted octanol–water partition coefficient (Wildman–Crippen LogP) is 4.41. The third kappa shape index (κ3) is 7.02. The van der Waals surface area contributed by atoms with Gasteiger partial charge in [0.05, 0.1) is 6.42 Å². The third-order valence-corrected chi connectivity index (χ3v) is 6.42. The first-order valence-corrected chi connectivity index (χ1v) is 12.2. The van der Waals surface area contributed by atoms with E-state index in [0.29, 0.717) is 37.4 Å². The number of aliphatic carboxylic acids is 1. The SMILES string of the molecule is O=C(O)Cc1ccc(OC2CCN(C(=O)Oc3ccc(CCSc4ncc[nH]4)cc3)CC2)cc1. The fourth-order valence-electron chi connectivity index (χ4n) is 3.69. The summed E-state index contributed by atoms with van der Waals surface area (Å²) in [6, 6.07) is 14.7. The molecule has 1 aromatic heterocycles. The van der Waals surface area contributed by atoms with E-state index in [1.165, 1.54) is 5.56 Å². The van der Waals surface area contributed by atoms with Crippen molar-refractivity contribution in [2.75, 3.05) is 18.8 Å². The maximum atomic E-state index is 12.5. The smallest absolute Gasteiger partial charge is 0.415 e. The second-order valence-corrected chi connectivity index (χ2v) is 9.11. The van der Waals surface area contributed by atoms with Crippen molar-refractivity contribution in [3.8, 4) is 11.5 Å². The number of carboxylic acid groups (broad SMARTS) is 1. The lowest BCUT2D eigenvalue weighted by Gasteiger charge is -2.31. The molecule has 1 aliphatic heterocycles. The number of ether oxygens (including phenoxy) is 2. The van der Waals surface area contributed by atoms with Crippen LogP contribution in [0.1, 0.15) is 24.0 Å². The molecule has 34 heavy (non-hydrogen) atoms. The van der Waals surface area contributed by atoms with Gasteiger partial charge in [-0.3, -0.25) is 4.79 Å². The molecule has 1 aliphatic rings. The third-order valence-electron chi connectivity index (χ3n) is 5.51. The van der Waals surface area contributed by atoms with Crippen LogP contribution in [0.5, 0.6) is 11.5 Å². The van der Waals surface area contributed by atoms with Crippen LogP contribution in [0.2, 0.25) is 0 Å². The van der Waals surface area contributed by atoms with Crippen LogP contribution >= 0.6 is 11.8 Å². The lowest BCUT2D eigenvalue weighted by atomic mass is 10.1. The number of hydrogen-bond acceptors (Lipinski definition) is 6.